The van der Waals surface area contributed by atoms with Crippen molar-refractivity contribution in [2.24, 2.45) is 0 Å². The van der Waals surface area contributed by atoms with Gasteiger partial charge >= 0.3 is 5.97 Å². The van der Waals surface area contributed by atoms with Crippen LogP contribution in [0.3, 0.4) is 0 Å². The minimum Gasteiger partial charge on any atom is -0.462 e. The van der Waals surface area contributed by atoms with E-state index in [1.165, 1.54) is 18.1 Å². The molecule has 11 nitrogen and oxygen atoms in total. The van der Waals surface area contributed by atoms with Gasteiger partial charge in [-0.25, -0.2) is 29.2 Å². The summed E-state index contributed by atoms with van der Waals surface area (Å²) >= 11 is 1.45. The maximum atomic E-state index is 12.8. The Hall–Kier alpha value is -4.06. The highest BCUT2D eigenvalue weighted by Crippen LogP contribution is 2.23. The molecule has 0 aliphatic carbocycles. The molecule has 5 aromatic rings. The van der Waals surface area contributed by atoms with E-state index in [2.05, 4.69) is 30.0 Å². The highest BCUT2D eigenvalue weighted by atomic mass is 32.2. The van der Waals surface area contributed by atoms with Gasteiger partial charge in [-0.1, -0.05) is 30.0 Å². The Balaban J connectivity index is 1.19. The molecule has 0 atom stereocenters. The average molecular weight is 490 g/mol. The molecule has 5 rings (SSSR count). The van der Waals surface area contributed by atoms with Crippen LogP contribution in [0.1, 0.15) is 33.7 Å². The number of thioether (sulfide) groups is 1. The lowest BCUT2D eigenvalue weighted by Gasteiger charge is -2.09. The molecular formula is C23H23N9O2S. The van der Waals surface area contributed by atoms with Gasteiger partial charge in [0.05, 0.1) is 18.5 Å². The van der Waals surface area contributed by atoms with E-state index >= 15 is 0 Å². The number of aromatic nitrogens is 8. The van der Waals surface area contributed by atoms with Crippen molar-refractivity contribution in [1.29, 1.82) is 0 Å². The van der Waals surface area contributed by atoms with E-state index < -0.39 is 0 Å². The van der Waals surface area contributed by atoms with Crippen molar-refractivity contribution < 1.29 is 9.53 Å². The van der Waals surface area contributed by atoms with Crippen LogP contribution in [-0.2, 0) is 17.0 Å². The summed E-state index contributed by atoms with van der Waals surface area (Å²) < 4.78 is 9.14. The summed E-state index contributed by atoms with van der Waals surface area (Å²) in [6.07, 6.45) is 3.68. The van der Waals surface area contributed by atoms with Gasteiger partial charge in [0.2, 0.25) is 5.16 Å². The van der Waals surface area contributed by atoms with Gasteiger partial charge in [-0.15, -0.1) is 5.10 Å². The number of rotatable bonds is 8. The summed E-state index contributed by atoms with van der Waals surface area (Å²) in [4.78, 5) is 34.1. The average Bonchev–Trinajstić information content (AvgIpc) is 3.45. The van der Waals surface area contributed by atoms with E-state index in [0.717, 1.165) is 17.0 Å². The second kappa shape index (κ2) is 9.66. The van der Waals surface area contributed by atoms with E-state index in [0.29, 0.717) is 52.2 Å². The summed E-state index contributed by atoms with van der Waals surface area (Å²) in [5, 5.41) is 5.12. The highest BCUT2D eigenvalue weighted by molar-refractivity contribution is 7.98. The second-order valence-electron chi connectivity index (χ2n) is 7.95. The van der Waals surface area contributed by atoms with Crippen molar-refractivity contribution in [3.63, 3.8) is 0 Å². The molecule has 0 spiro atoms. The van der Waals surface area contributed by atoms with Gasteiger partial charge in [-0.2, -0.15) is 4.98 Å². The van der Waals surface area contributed by atoms with Gasteiger partial charge in [0, 0.05) is 23.7 Å². The Labute approximate surface area is 204 Å². The number of carbonyl (C=O) groups is 1. The number of carbonyl (C=O) groups excluding carboxylic acids is 1. The fraction of sp³-hybridized carbons (Fsp3) is 0.261. The van der Waals surface area contributed by atoms with Gasteiger partial charge in [0.15, 0.2) is 11.5 Å². The van der Waals surface area contributed by atoms with E-state index in [-0.39, 0.29) is 12.6 Å². The number of benzene rings is 1. The minimum atomic E-state index is -0.362. The molecule has 4 aromatic heterocycles. The van der Waals surface area contributed by atoms with Crippen molar-refractivity contribution in [1.82, 2.24) is 39.1 Å². The zero-order chi connectivity index (χ0) is 24.4. The first-order valence-corrected chi connectivity index (χ1v) is 12.0. The third-order valence-corrected chi connectivity index (χ3v) is 6.29. The Morgan fingerprint density at radius 2 is 2.00 bits per heavy atom. The smallest absolute Gasteiger partial charge is 0.338 e. The number of nitrogens with zero attached hydrogens (tertiary/aromatic N) is 8. The largest absolute Gasteiger partial charge is 0.462 e. The molecule has 0 bridgehead atoms. The molecule has 0 aliphatic heterocycles. The number of imidazole rings is 1. The fourth-order valence-corrected chi connectivity index (χ4v) is 4.56. The number of anilines is 1. The van der Waals surface area contributed by atoms with E-state index in [1.54, 1.807) is 16.9 Å². The predicted molar refractivity (Wildman–Crippen MR) is 131 cm³/mol. The van der Waals surface area contributed by atoms with E-state index in [1.807, 2.05) is 42.7 Å². The summed E-state index contributed by atoms with van der Waals surface area (Å²) in [6.45, 7) is 4.75. The number of esters is 1. The van der Waals surface area contributed by atoms with Crippen LogP contribution in [0, 0.1) is 13.8 Å². The van der Waals surface area contributed by atoms with Crippen LogP contribution in [-0.4, -0.2) is 51.7 Å². The molecule has 0 saturated heterocycles. The number of ether oxygens (including phenoxy) is 1. The highest BCUT2D eigenvalue weighted by Gasteiger charge is 2.15. The zero-order valence-electron chi connectivity index (χ0n) is 19.2. The molecule has 0 saturated carbocycles. The Morgan fingerprint density at radius 1 is 1.14 bits per heavy atom. The molecule has 1 aromatic carbocycles. The van der Waals surface area contributed by atoms with Crippen molar-refractivity contribution in [2.75, 3.05) is 12.3 Å². The zero-order valence-corrected chi connectivity index (χ0v) is 20.1. The van der Waals surface area contributed by atoms with Gasteiger partial charge in [0.1, 0.15) is 11.8 Å². The van der Waals surface area contributed by atoms with Crippen molar-refractivity contribution in [3.8, 4) is 0 Å². The quantitative estimate of drug-likeness (QED) is 0.196. The molecule has 0 radical (unpaired) electrons. The maximum Gasteiger partial charge on any atom is 0.338 e. The Bertz CT molecular complexity index is 1530. The monoisotopic (exact) mass is 489 g/mol. The molecule has 0 unspecified atom stereocenters. The molecule has 35 heavy (non-hydrogen) atoms. The Morgan fingerprint density at radius 3 is 2.89 bits per heavy atom. The number of nitrogen functional groups attached to an aromatic ring is 1. The molecule has 12 heteroatoms. The maximum absolute atomic E-state index is 12.8. The van der Waals surface area contributed by atoms with Crippen molar-refractivity contribution in [2.45, 2.75) is 37.7 Å². The summed E-state index contributed by atoms with van der Waals surface area (Å²) in [5.74, 6) is 1.08. The van der Waals surface area contributed by atoms with Crippen LogP contribution in [0.5, 0.6) is 0 Å². The number of aryl methyl sites for hydroxylation is 3. The summed E-state index contributed by atoms with van der Waals surface area (Å²) in [7, 11) is 0. The normalized spacial score (nSPS) is 11.4. The van der Waals surface area contributed by atoms with Gasteiger partial charge in [-0.05, 0) is 38.0 Å². The molecule has 4 heterocycles. The van der Waals surface area contributed by atoms with Crippen LogP contribution >= 0.6 is 11.8 Å². The number of hydrogen-bond acceptors (Lipinski definition) is 10. The molecule has 0 amide bonds. The van der Waals surface area contributed by atoms with Crippen LogP contribution in [0.4, 0.5) is 5.82 Å². The fourth-order valence-electron chi connectivity index (χ4n) is 3.74. The third-order valence-electron chi connectivity index (χ3n) is 5.40. The standard InChI is InChI=1S/C23H23N9O2S/c1-14-10-15(2)32-22(28-14)29-23(30-32)35-11-16-6-3-4-7-17(16)21(33)34-9-5-8-31-13-27-18-19(24)25-12-26-20(18)31/h3-4,6-7,10,12-13H,5,8-9,11H2,1-2H3,(H2,24,25,26). The first-order chi connectivity index (χ1) is 17.0. The molecule has 0 aliphatic rings. The minimum absolute atomic E-state index is 0.263. The molecular weight excluding hydrogens is 466 g/mol. The number of hydrogen-bond donors (Lipinski definition) is 1. The Kier molecular flexibility index (Phi) is 6.27. The van der Waals surface area contributed by atoms with E-state index in [4.69, 9.17) is 10.5 Å². The van der Waals surface area contributed by atoms with Gasteiger partial charge < -0.3 is 15.0 Å². The second-order valence-corrected chi connectivity index (χ2v) is 8.89. The summed E-state index contributed by atoms with van der Waals surface area (Å²) in [5.41, 5.74) is 10.3. The summed E-state index contributed by atoms with van der Waals surface area (Å²) in [6, 6.07) is 9.37. The lowest BCUT2D eigenvalue weighted by molar-refractivity contribution is 0.0495. The van der Waals surface area contributed by atoms with Crippen LogP contribution in [0.15, 0.2) is 48.1 Å². The van der Waals surface area contributed by atoms with E-state index in [9.17, 15) is 4.79 Å². The van der Waals surface area contributed by atoms with Gasteiger partial charge in [-0.3, -0.25) is 0 Å². The SMILES string of the molecule is Cc1cc(C)n2nc(SCc3ccccc3C(=O)OCCCn3cnc4c(N)ncnc43)nc2n1. The lowest BCUT2D eigenvalue weighted by atomic mass is 10.1. The lowest BCUT2D eigenvalue weighted by Crippen LogP contribution is -2.11. The first-order valence-electron chi connectivity index (χ1n) is 11.0. The third kappa shape index (κ3) is 4.78. The number of fused-ring (bicyclic) bond motifs is 2. The molecule has 2 N–H and O–H groups in total. The van der Waals surface area contributed by atoms with Crippen LogP contribution in [0.25, 0.3) is 16.9 Å². The number of nitrogens with two attached hydrogens (primary N) is 1. The van der Waals surface area contributed by atoms with Crippen LogP contribution in [0.2, 0.25) is 0 Å². The van der Waals surface area contributed by atoms with Crippen molar-refractivity contribution in [3.05, 3.63) is 65.5 Å². The molecule has 0 fully saturated rings. The molecule has 178 valence electrons. The predicted octanol–water partition coefficient (Wildman–Crippen LogP) is 3.00. The first kappa shape index (κ1) is 22.7. The van der Waals surface area contributed by atoms with Crippen LogP contribution < -0.4 is 5.73 Å². The topological polar surface area (TPSA) is 139 Å². The van der Waals surface area contributed by atoms with Crippen molar-refractivity contribution >= 4 is 40.5 Å². The van der Waals surface area contributed by atoms with Gasteiger partial charge in [0.25, 0.3) is 5.78 Å².